The van der Waals surface area contributed by atoms with E-state index in [2.05, 4.69) is 5.32 Å². The summed E-state index contributed by atoms with van der Waals surface area (Å²) in [6.07, 6.45) is 0.543. The van der Waals surface area contributed by atoms with E-state index in [1.165, 1.54) is 13.0 Å². The van der Waals surface area contributed by atoms with E-state index in [0.717, 1.165) is 16.8 Å². The highest BCUT2D eigenvalue weighted by Crippen LogP contribution is 2.30. The van der Waals surface area contributed by atoms with Crippen molar-refractivity contribution in [3.8, 4) is 0 Å². The van der Waals surface area contributed by atoms with E-state index in [4.69, 9.17) is 0 Å². The zero-order chi connectivity index (χ0) is 19.4. The highest BCUT2D eigenvalue weighted by Gasteiger charge is 2.25. The largest absolute Gasteiger partial charge is 0.352 e. The molecule has 0 spiro atoms. The lowest BCUT2D eigenvalue weighted by molar-refractivity contribution is -0.121. The number of carbonyl (C=O) groups is 2. The van der Waals surface area contributed by atoms with Crippen LogP contribution in [0.2, 0.25) is 0 Å². The fourth-order valence-corrected chi connectivity index (χ4v) is 4.42. The van der Waals surface area contributed by atoms with Crippen molar-refractivity contribution < 1.29 is 18.0 Å². The molecule has 7 heteroatoms. The lowest BCUT2D eigenvalue weighted by Gasteiger charge is -2.15. The highest BCUT2D eigenvalue weighted by atomic mass is 32.2. The van der Waals surface area contributed by atoms with E-state index in [1.54, 1.807) is 17.0 Å². The molecule has 2 aromatic rings. The Morgan fingerprint density at radius 1 is 1.11 bits per heavy atom. The van der Waals surface area contributed by atoms with Crippen LogP contribution in [0.3, 0.4) is 0 Å². The summed E-state index contributed by atoms with van der Waals surface area (Å²) >= 11 is 0. The molecule has 1 aliphatic rings. The second-order valence-electron chi connectivity index (χ2n) is 6.54. The van der Waals surface area contributed by atoms with Crippen LogP contribution in [-0.2, 0) is 32.4 Å². The Bertz CT molecular complexity index is 955. The summed E-state index contributed by atoms with van der Waals surface area (Å²) in [4.78, 5) is 25.4. The third-order valence-corrected chi connectivity index (χ3v) is 6.33. The Morgan fingerprint density at radius 2 is 1.85 bits per heavy atom. The first-order valence-electron chi connectivity index (χ1n) is 8.81. The Kier molecular flexibility index (Phi) is 5.60. The molecule has 0 fully saturated rings. The Balaban J connectivity index is 1.60. The fourth-order valence-electron chi connectivity index (χ4n) is 3.13. The topological polar surface area (TPSA) is 83.6 Å². The Morgan fingerprint density at radius 3 is 2.56 bits per heavy atom. The number of anilines is 1. The maximum atomic E-state index is 12.6. The molecule has 0 saturated carbocycles. The predicted molar refractivity (Wildman–Crippen MR) is 103 cm³/mol. The van der Waals surface area contributed by atoms with E-state index in [9.17, 15) is 18.0 Å². The lowest BCUT2D eigenvalue weighted by Crippen LogP contribution is -2.25. The first-order chi connectivity index (χ1) is 12.9. The number of nitrogens with one attached hydrogen (secondary N) is 1. The number of amides is 2. The maximum Gasteiger partial charge on any atom is 0.223 e. The van der Waals surface area contributed by atoms with E-state index in [1.807, 2.05) is 30.3 Å². The molecule has 2 aromatic carbocycles. The van der Waals surface area contributed by atoms with Crippen LogP contribution >= 0.6 is 0 Å². The van der Waals surface area contributed by atoms with Crippen molar-refractivity contribution in [1.29, 1.82) is 0 Å². The van der Waals surface area contributed by atoms with Crippen LogP contribution in [0, 0.1) is 0 Å². The minimum Gasteiger partial charge on any atom is -0.352 e. The molecule has 6 nitrogen and oxygen atoms in total. The zero-order valence-corrected chi connectivity index (χ0v) is 16.0. The van der Waals surface area contributed by atoms with Gasteiger partial charge in [0.05, 0.1) is 10.6 Å². The van der Waals surface area contributed by atoms with Crippen molar-refractivity contribution in [1.82, 2.24) is 5.32 Å². The van der Waals surface area contributed by atoms with E-state index < -0.39 is 9.84 Å². The monoisotopic (exact) mass is 386 g/mol. The number of sulfone groups is 1. The van der Waals surface area contributed by atoms with Gasteiger partial charge in [0.25, 0.3) is 0 Å². The quantitative estimate of drug-likeness (QED) is 0.824. The molecular formula is C20H22N2O4S. The normalized spacial score (nSPS) is 13.3. The van der Waals surface area contributed by atoms with Crippen molar-refractivity contribution in [2.45, 2.75) is 31.2 Å². The zero-order valence-electron chi connectivity index (χ0n) is 15.1. The summed E-state index contributed by atoms with van der Waals surface area (Å²) in [6.45, 7) is 2.43. The summed E-state index contributed by atoms with van der Waals surface area (Å²) < 4.78 is 25.1. The van der Waals surface area contributed by atoms with Gasteiger partial charge in [-0.25, -0.2) is 8.42 Å². The molecule has 0 atom stereocenters. The van der Waals surface area contributed by atoms with Crippen LogP contribution in [0.15, 0.2) is 53.4 Å². The highest BCUT2D eigenvalue weighted by molar-refractivity contribution is 7.91. The van der Waals surface area contributed by atoms with Gasteiger partial charge in [0.1, 0.15) is 0 Å². The number of hydrogen-bond acceptors (Lipinski definition) is 4. The van der Waals surface area contributed by atoms with Crippen LogP contribution < -0.4 is 10.2 Å². The average Bonchev–Trinajstić information content (AvgIpc) is 3.09. The van der Waals surface area contributed by atoms with Crippen LogP contribution in [0.25, 0.3) is 0 Å². The first kappa shape index (κ1) is 19.1. The molecule has 1 aliphatic heterocycles. The van der Waals surface area contributed by atoms with Crippen molar-refractivity contribution >= 4 is 27.3 Å². The second-order valence-corrected chi connectivity index (χ2v) is 8.65. The molecule has 1 N–H and O–H groups in total. The van der Waals surface area contributed by atoms with Gasteiger partial charge < -0.3 is 10.2 Å². The third-order valence-electron chi connectivity index (χ3n) is 4.62. The number of hydrogen-bond donors (Lipinski definition) is 1. The molecule has 0 bridgehead atoms. The first-order valence-corrected chi connectivity index (χ1v) is 10.5. The molecule has 0 aliphatic carbocycles. The Labute approximate surface area is 159 Å². The smallest absolute Gasteiger partial charge is 0.223 e. The van der Waals surface area contributed by atoms with Crippen molar-refractivity contribution in [2.75, 3.05) is 17.2 Å². The van der Waals surface area contributed by atoms with Gasteiger partial charge in [-0.1, -0.05) is 30.3 Å². The van der Waals surface area contributed by atoms with Gasteiger partial charge in [-0.3, -0.25) is 9.59 Å². The molecule has 142 valence electrons. The molecule has 27 heavy (non-hydrogen) atoms. The molecule has 3 rings (SSSR count). The molecule has 0 radical (unpaired) electrons. The molecule has 0 unspecified atom stereocenters. The van der Waals surface area contributed by atoms with E-state index in [-0.39, 0.29) is 28.9 Å². The molecule has 1 heterocycles. The minimum absolute atomic E-state index is 0.0561. The Hall–Kier alpha value is -2.67. The molecule has 2 amide bonds. The predicted octanol–water partition coefficient (Wildman–Crippen LogP) is 2.08. The SMILES string of the molecule is CC(=O)N1CCc2cc(S(=O)(=O)CCC(=O)NCc3ccccc3)ccc21. The number of rotatable bonds is 6. The molecule has 0 aromatic heterocycles. The molecular weight excluding hydrogens is 364 g/mol. The van der Waals surface area contributed by atoms with Gasteiger partial charge in [-0.2, -0.15) is 0 Å². The number of carbonyl (C=O) groups excluding carboxylic acids is 2. The average molecular weight is 386 g/mol. The van der Waals surface area contributed by atoms with Gasteiger partial charge in [-0.05, 0) is 35.7 Å². The summed E-state index contributed by atoms with van der Waals surface area (Å²) in [5.74, 6) is -0.603. The minimum atomic E-state index is -3.56. The standard InChI is InChI=1S/C20H22N2O4S/c1-15(23)22-11-9-17-13-18(7-8-19(17)22)27(25,26)12-10-20(24)21-14-16-5-3-2-4-6-16/h2-8,13H,9-12,14H2,1H3,(H,21,24). The van der Waals surface area contributed by atoms with Crippen LogP contribution in [0.5, 0.6) is 0 Å². The van der Waals surface area contributed by atoms with Gasteiger partial charge >= 0.3 is 0 Å². The maximum absolute atomic E-state index is 12.6. The van der Waals surface area contributed by atoms with Gasteiger partial charge in [-0.15, -0.1) is 0 Å². The van der Waals surface area contributed by atoms with E-state index in [0.29, 0.717) is 19.5 Å². The summed E-state index contributed by atoms with van der Waals surface area (Å²) in [5, 5.41) is 2.74. The fraction of sp³-hybridized carbons (Fsp3) is 0.300. The number of benzene rings is 2. The third kappa shape index (κ3) is 4.54. The lowest BCUT2D eigenvalue weighted by atomic mass is 10.2. The number of fused-ring (bicyclic) bond motifs is 1. The van der Waals surface area contributed by atoms with Crippen molar-refractivity contribution in [3.63, 3.8) is 0 Å². The summed E-state index contributed by atoms with van der Waals surface area (Å²) in [6, 6.07) is 14.3. The van der Waals surface area contributed by atoms with Gasteiger partial charge in [0.2, 0.25) is 11.8 Å². The van der Waals surface area contributed by atoms with Crippen LogP contribution in [0.1, 0.15) is 24.5 Å². The van der Waals surface area contributed by atoms with Crippen LogP contribution in [0.4, 0.5) is 5.69 Å². The molecule has 0 saturated heterocycles. The number of nitrogens with zero attached hydrogens (tertiary/aromatic N) is 1. The second kappa shape index (κ2) is 7.92. The van der Waals surface area contributed by atoms with Gasteiger partial charge in [0, 0.05) is 32.1 Å². The summed E-state index contributed by atoms with van der Waals surface area (Å²) in [7, 11) is -3.56. The summed E-state index contributed by atoms with van der Waals surface area (Å²) in [5.41, 5.74) is 2.57. The van der Waals surface area contributed by atoms with Crippen molar-refractivity contribution in [2.24, 2.45) is 0 Å². The van der Waals surface area contributed by atoms with Crippen molar-refractivity contribution in [3.05, 3.63) is 59.7 Å². The van der Waals surface area contributed by atoms with Crippen LogP contribution in [-0.4, -0.2) is 32.5 Å². The van der Waals surface area contributed by atoms with Gasteiger partial charge in [0.15, 0.2) is 9.84 Å². The van der Waals surface area contributed by atoms with E-state index >= 15 is 0 Å².